The standard InChI is InChI=1S/C26H25Cl2N5O3.ClH/c1-16-6-8-18(9-7-16)31-26(35)29-13-23(34)32(3)21-11-10-20(27)19(24(21)28)15-36-22-5-4-12-33-14-17(2)30-25(22)33;/h4-12,14H,13,15H2,1-3H3,(H2,29,31,35);1H. The predicted molar refractivity (Wildman–Crippen MR) is 150 cm³/mol. The van der Waals surface area contributed by atoms with Crippen molar-refractivity contribution >= 4 is 64.6 Å². The van der Waals surface area contributed by atoms with Crippen LogP contribution in [-0.2, 0) is 11.4 Å². The zero-order valence-corrected chi connectivity index (χ0v) is 22.7. The number of carbonyl (C=O) groups excluding carboxylic acids is 2. The molecule has 37 heavy (non-hydrogen) atoms. The number of nitrogens with one attached hydrogen (secondary N) is 2. The molecule has 0 bridgehead atoms. The molecule has 2 N–H and O–H groups in total. The molecule has 4 rings (SSSR count). The summed E-state index contributed by atoms with van der Waals surface area (Å²) >= 11 is 13.1. The van der Waals surface area contributed by atoms with Crippen LogP contribution < -0.4 is 20.3 Å². The number of fused-ring (bicyclic) bond motifs is 1. The number of aryl methyl sites for hydroxylation is 2. The van der Waals surface area contributed by atoms with Crippen molar-refractivity contribution in [3.8, 4) is 5.75 Å². The Labute approximate surface area is 230 Å². The number of benzene rings is 2. The normalized spacial score (nSPS) is 10.5. The quantitative estimate of drug-likeness (QED) is 0.287. The van der Waals surface area contributed by atoms with Crippen LogP contribution in [0, 0.1) is 13.8 Å². The Hall–Kier alpha value is -3.46. The average molecular weight is 563 g/mol. The summed E-state index contributed by atoms with van der Waals surface area (Å²) in [5.41, 5.74) is 4.23. The van der Waals surface area contributed by atoms with Crippen molar-refractivity contribution < 1.29 is 14.3 Å². The molecule has 0 aliphatic rings. The summed E-state index contributed by atoms with van der Waals surface area (Å²) in [7, 11) is 1.58. The number of urea groups is 1. The number of hydrogen-bond acceptors (Lipinski definition) is 4. The zero-order valence-electron chi connectivity index (χ0n) is 20.4. The molecule has 0 fully saturated rings. The first kappa shape index (κ1) is 28.1. The number of hydrogen-bond donors (Lipinski definition) is 2. The minimum Gasteiger partial charge on any atom is -0.485 e. The number of imidazole rings is 1. The van der Waals surface area contributed by atoms with E-state index in [0.29, 0.717) is 33.4 Å². The van der Waals surface area contributed by atoms with Crippen LogP contribution in [-0.4, -0.2) is 34.9 Å². The van der Waals surface area contributed by atoms with Crippen molar-refractivity contribution in [3.63, 3.8) is 0 Å². The van der Waals surface area contributed by atoms with Crippen LogP contribution in [0.5, 0.6) is 5.75 Å². The van der Waals surface area contributed by atoms with E-state index in [0.717, 1.165) is 11.3 Å². The average Bonchev–Trinajstić information content (AvgIpc) is 3.24. The number of pyridine rings is 1. The van der Waals surface area contributed by atoms with E-state index in [9.17, 15) is 9.59 Å². The fourth-order valence-corrected chi connectivity index (χ4v) is 4.18. The van der Waals surface area contributed by atoms with Gasteiger partial charge in [0.15, 0.2) is 11.4 Å². The molecule has 0 saturated heterocycles. The lowest BCUT2D eigenvalue weighted by Crippen LogP contribution is -2.40. The highest BCUT2D eigenvalue weighted by Gasteiger charge is 2.19. The van der Waals surface area contributed by atoms with Crippen molar-refractivity contribution in [2.24, 2.45) is 0 Å². The number of ether oxygens (including phenoxy) is 1. The highest BCUT2D eigenvalue weighted by molar-refractivity contribution is 6.38. The molecule has 4 aromatic rings. The first-order valence-electron chi connectivity index (χ1n) is 11.1. The van der Waals surface area contributed by atoms with Gasteiger partial charge in [0.05, 0.1) is 22.9 Å². The number of nitrogens with zero attached hydrogens (tertiary/aromatic N) is 3. The summed E-state index contributed by atoms with van der Waals surface area (Å²) in [6.45, 7) is 3.72. The second-order valence-corrected chi connectivity index (χ2v) is 9.04. The third-order valence-corrected chi connectivity index (χ3v) is 6.33. The number of rotatable bonds is 7. The van der Waals surface area contributed by atoms with E-state index in [4.69, 9.17) is 27.9 Å². The highest BCUT2D eigenvalue weighted by Crippen LogP contribution is 2.35. The number of carbonyl (C=O) groups is 2. The highest BCUT2D eigenvalue weighted by atomic mass is 35.5. The second kappa shape index (κ2) is 12.2. The molecule has 3 amide bonds. The molecule has 0 aliphatic heterocycles. The maximum atomic E-state index is 12.8. The largest absolute Gasteiger partial charge is 0.485 e. The zero-order chi connectivity index (χ0) is 25.8. The van der Waals surface area contributed by atoms with E-state index in [1.54, 1.807) is 31.3 Å². The molecule has 0 radical (unpaired) electrons. The minimum atomic E-state index is -0.486. The maximum absolute atomic E-state index is 12.8. The van der Waals surface area contributed by atoms with Crippen molar-refractivity contribution in [2.45, 2.75) is 20.5 Å². The van der Waals surface area contributed by atoms with Gasteiger partial charge in [0.2, 0.25) is 5.91 Å². The maximum Gasteiger partial charge on any atom is 0.319 e. The molecule has 2 aromatic carbocycles. The van der Waals surface area contributed by atoms with Crippen LogP contribution in [0.2, 0.25) is 10.0 Å². The topological polar surface area (TPSA) is 88.0 Å². The monoisotopic (exact) mass is 561 g/mol. The minimum absolute atomic E-state index is 0. The number of halogens is 3. The third kappa shape index (κ3) is 6.65. The fourth-order valence-electron chi connectivity index (χ4n) is 3.57. The third-order valence-electron chi connectivity index (χ3n) is 5.55. The van der Waals surface area contributed by atoms with E-state index < -0.39 is 6.03 Å². The summed E-state index contributed by atoms with van der Waals surface area (Å²) in [6, 6.07) is 13.8. The number of amides is 3. The molecule has 0 aliphatic carbocycles. The second-order valence-electron chi connectivity index (χ2n) is 8.26. The van der Waals surface area contributed by atoms with Gasteiger partial charge >= 0.3 is 6.03 Å². The van der Waals surface area contributed by atoms with E-state index >= 15 is 0 Å². The van der Waals surface area contributed by atoms with Crippen LogP contribution in [0.1, 0.15) is 16.8 Å². The van der Waals surface area contributed by atoms with Gasteiger partial charge in [-0.05, 0) is 50.2 Å². The lowest BCUT2D eigenvalue weighted by molar-refractivity contribution is -0.117. The molecule has 194 valence electrons. The number of aromatic nitrogens is 2. The Kier molecular flexibility index (Phi) is 9.26. The van der Waals surface area contributed by atoms with Crippen molar-refractivity contribution in [1.82, 2.24) is 14.7 Å². The summed E-state index contributed by atoms with van der Waals surface area (Å²) < 4.78 is 7.87. The summed E-state index contributed by atoms with van der Waals surface area (Å²) in [5.74, 6) is 0.221. The Morgan fingerprint density at radius 1 is 1.08 bits per heavy atom. The summed E-state index contributed by atoms with van der Waals surface area (Å²) in [6.07, 6.45) is 3.79. The Morgan fingerprint density at radius 2 is 1.81 bits per heavy atom. The van der Waals surface area contributed by atoms with Crippen molar-refractivity contribution in [3.05, 3.63) is 87.8 Å². The molecule has 11 heteroatoms. The molecule has 2 heterocycles. The van der Waals surface area contributed by atoms with Gasteiger partial charge in [0, 0.05) is 35.7 Å². The van der Waals surface area contributed by atoms with Crippen LogP contribution in [0.3, 0.4) is 0 Å². The van der Waals surface area contributed by atoms with Gasteiger partial charge in [-0.15, -0.1) is 12.4 Å². The lowest BCUT2D eigenvalue weighted by atomic mass is 10.2. The van der Waals surface area contributed by atoms with Crippen molar-refractivity contribution in [1.29, 1.82) is 0 Å². The van der Waals surface area contributed by atoms with Gasteiger partial charge in [-0.1, -0.05) is 40.9 Å². The van der Waals surface area contributed by atoms with E-state index in [2.05, 4.69) is 15.6 Å². The van der Waals surface area contributed by atoms with Crippen molar-refractivity contribution in [2.75, 3.05) is 23.8 Å². The lowest BCUT2D eigenvalue weighted by Gasteiger charge is -2.21. The SMILES string of the molecule is Cc1ccc(NC(=O)NCC(=O)N(C)c2ccc(Cl)c(COc3cccn4cc(C)nc34)c2Cl)cc1.Cl. The van der Waals surface area contributed by atoms with Gasteiger partial charge in [-0.3, -0.25) is 4.79 Å². The first-order chi connectivity index (χ1) is 17.2. The summed E-state index contributed by atoms with van der Waals surface area (Å²) in [4.78, 5) is 30.8. The summed E-state index contributed by atoms with van der Waals surface area (Å²) in [5, 5.41) is 5.95. The Morgan fingerprint density at radius 3 is 2.54 bits per heavy atom. The predicted octanol–water partition coefficient (Wildman–Crippen LogP) is 6.04. The van der Waals surface area contributed by atoms with E-state index in [1.807, 2.05) is 54.9 Å². The number of likely N-dealkylation sites (N-methyl/N-ethyl adjacent to an activating group) is 1. The smallest absolute Gasteiger partial charge is 0.319 e. The van der Waals surface area contributed by atoms with Crippen LogP contribution in [0.15, 0.2) is 60.9 Å². The van der Waals surface area contributed by atoms with Crippen LogP contribution >= 0.6 is 35.6 Å². The first-order valence-corrected chi connectivity index (χ1v) is 11.9. The Balaban J connectivity index is 0.00000380. The Bertz CT molecular complexity index is 1420. The van der Waals surface area contributed by atoms with Gasteiger partial charge in [-0.2, -0.15) is 0 Å². The molecular formula is C26H26Cl3N5O3. The van der Waals surface area contributed by atoms with E-state index in [-0.39, 0.29) is 36.5 Å². The van der Waals surface area contributed by atoms with Gasteiger partial charge in [0.25, 0.3) is 0 Å². The molecule has 0 atom stereocenters. The van der Waals surface area contributed by atoms with Gasteiger partial charge in [-0.25, -0.2) is 9.78 Å². The molecule has 0 spiro atoms. The van der Waals surface area contributed by atoms with Crippen LogP contribution in [0.25, 0.3) is 5.65 Å². The van der Waals surface area contributed by atoms with Gasteiger partial charge in [0.1, 0.15) is 6.61 Å². The molecule has 0 unspecified atom stereocenters. The molecule has 0 saturated carbocycles. The van der Waals surface area contributed by atoms with Crippen LogP contribution in [0.4, 0.5) is 16.2 Å². The number of anilines is 2. The molecular weight excluding hydrogens is 537 g/mol. The van der Waals surface area contributed by atoms with Gasteiger partial charge < -0.3 is 24.7 Å². The molecule has 8 nitrogen and oxygen atoms in total. The molecule has 2 aromatic heterocycles. The fraction of sp³-hybridized carbons (Fsp3) is 0.192. The van der Waals surface area contributed by atoms with E-state index in [1.165, 1.54) is 4.90 Å².